The van der Waals surface area contributed by atoms with Crippen molar-refractivity contribution in [2.24, 2.45) is 0 Å². The van der Waals surface area contributed by atoms with Crippen LogP contribution in [0.3, 0.4) is 0 Å². The van der Waals surface area contributed by atoms with Crippen molar-refractivity contribution in [1.29, 1.82) is 0 Å². The molecule has 4 rings (SSSR count). The molecule has 10 heteroatoms. The van der Waals surface area contributed by atoms with Gasteiger partial charge in [0.2, 0.25) is 15.8 Å². The zero-order chi connectivity index (χ0) is 21.3. The summed E-state index contributed by atoms with van der Waals surface area (Å²) in [6, 6.07) is 9.89. The summed E-state index contributed by atoms with van der Waals surface area (Å²) >= 11 is 0. The number of aromatic nitrogens is 6. The first-order chi connectivity index (χ1) is 14.3. The van der Waals surface area contributed by atoms with Gasteiger partial charge in [0.15, 0.2) is 5.65 Å². The smallest absolute Gasteiger partial charge is 0.252 e. The fourth-order valence-corrected chi connectivity index (χ4v) is 3.69. The molecular formula is C20H23N7O2S. The van der Waals surface area contributed by atoms with Crippen LogP contribution in [0.25, 0.3) is 5.65 Å². The standard InChI is InChI=1S/C20H23N7O2S/c1-14(2)17-12-23-27-18(17)24-20(30(3,28)29)25-19(27)21-11-15-7-4-5-8-16(15)13-26-10-6-9-22-26/h4-10,12,14H,11,13H2,1-3H3,(H,21,24,25). The number of anilines is 1. The second kappa shape index (κ2) is 7.86. The maximum atomic E-state index is 12.1. The highest BCUT2D eigenvalue weighted by molar-refractivity contribution is 7.90. The van der Waals surface area contributed by atoms with Crippen molar-refractivity contribution < 1.29 is 8.42 Å². The molecule has 0 spiro atoms. The lowest BCUT2D eigenvalue weighted by molar-refractivity contribution is 0.592. The lowest BCUT2D eigenvalue weighted by atomic mass is 10.1. The van der Waals surface area contributed by atoms with Crippen LogP contribution in [-0.2, 0) is 22.9 Å². The Morgan fingerprint density at radius 1 is 1.07 bits per heavy atom. The average molecular weight is 426 g/mol. The van der Waals surface area contributed by atoms with Crippen LogP contribution in [0.4, 0.5) is 5.95 Å². The topological polar surface area (TPSA) is 107 Å². The summed E-state index contributed by atoms with van der Waals surface area (Å²) in [6.45, 7) is 5.11. The summed E-state index contributed by atoms with van der Waals surface area (Å²) in [7, 11) is -3.58. The number of rotatable bonds is 7. The summed E-state index contributed by atoms with van der Waals surface area (Å²) in [5, 5.41) is 11.7. The van der Waals surface area contributed by atoms with E-state index in [4.69, 9.17) is 0 Å². The van der Waals surface area contributed by atoms with Crippen molar-refractivity contribution in [2.45, 2.75) is 38.0 Å². The highest BCUT2D eigenvalue weighted by Crippen LogP contribution is 2.22. The van der Waals surface area contributed by atoms with Crippen LogP contribution in [0.2, 0.25) is 0 Å². The quantitative estimate of drug-likeness (QED) is 0.485. The van der Waals surface area contributed by atoms with Gasteiger partial charge in [-0.15, -0.1) is 0 Å². The first-order valence-corrected chi connectivity index (χ1v) is 11.5. The molecule has 1 aromatic carbocycles. The van der Waals surface area contributed by atoms with E-state index in [1.807, 2.05) is 55.1 Å². The molecule has 3 aromatic heterocycles. The number of fused-ring (bicyclic) bond motifs is 1. The van der Waals surface area contributed by atoms with Gasteiger partial charge in [0.25, 0.3) is 5.16 Å². The molecular weight excluding hydrogens is 402 g/mol. The molecule has 9 nitrogen and oxygen atoms in total. The minimum Gasteiger partial charge on any atom is -0.350 e. The van der Waals surface area contributed by atoms with Gasteiger partial charge in [0.1, 0.15) is 0 Å². The Morgan fingerprint density at radius 2 is 1.83 bits per heavy atom. The number of hydrogen-bond donors (Lipinski definition) is 1. The van der Waals surface area contributed by atoms with Crippen LogP contribution in [0, 0.1) is 0 Å². The molecule has 0 atom stereocenters. The molecule has 3 heterocycles. The first-order valence-electron chi connectivity index (χ1n) is 9.56. The summed E-state index contributed by atoms with van der Waals surface area (Å²) in [5.74, 6) is 0.480. The van der Waals surface area contributed by atoms with E-state index >= 15 is 0 Å². The number of nitrogens with zero attached hydrogens (tertiary/aromatic N) is 6. The Kier molecular flexibility index (Phi) is 5.25. The predicted molar refractivity (Wildman–Crippen MR) is 113 cm³/mol. The van der Waals surface area contributed by atoms with E-state index in [2.05, 4.69) is 25.5 Å². The molecule has 0 amide bonds. The van der Waals surface area contributed by atoms with E-state index in [9.17, 15) is 8.42 Å². The van der Waals surface area contributed by atoms with Crippen molar-refractivity contribution >= 4 is 21.4 Å². The molecule has 0 aliphatic carbocycles. The molecule has 30 heavy (non-hydrogen) atoms. The predicted octanol–water partition coefficient (Wildman–Crippen LogP) is 2.51. The van der Waals surface area contributed by atoms with Gasteiger partial charge in [-0.3, -0.25) is 4.68 Å². The van der Waals surface area contributed by atoms with E-state index in [1.54, 1.807) is 16.9 Å². The van der Waals surface area contributed by atoms with E-state index in [1.165, 1.54) is 0 Å². The molecule has 156 valence electrons. The monoisotopic (exact) mass is 425 g/mol. The van der Waals surface area contributed by atoms with Crippen molar-refractivity contribution in [3.05, 3.63) is 65.6 Å². The molecule has 0 saturated carbocycles. The maximum Gasteiger partial charge on any atom is 0.252 e. The van der Waals surface area contributed by atoms with E-state index in [0.717, 1.165) is 22.9 Å². The summed E-state index contributed by atoms with van der Waals surface area (Å²) in [6.07, 6.45) is 6.47. The van der Waals surface area contributed by atoms with Gasteiger partial charge in [0, 0.05) is 30.8 Å². The lowest BCUT2D eigenvalue weighted by Crippen LogP contribution is -2.14. The SMILES string of the molecule is CC(C)c1cnn2c(NCc3ccccc3Cn3cccn3)nc(S(C)(=O)=O)nc12. The Morgan fingerprint density at radius 3 is 2.50 bits per heavy atom. The molecule has 0 fully saturated rings. The minimum absolute atomic E-state index is 0.146. The molecule has 0 saturated heterocycles. The normalized spacial score (nSPS) is 12.0. The third kappa shape index (κ3) is 4.04. The summed E-state index contributed by atoms with van der Waals surface area (Å²) in [4.78, 5) is 8.50. The third-order valence-corrected chi connectivity index (χ3v) is 5.62. The van der Waals surface area contributed by atoms with Gasteiger partial charge >= 0.3 is 0 Å². The van der Waals surface area contributed by atoms with Gasteiger partial charge in [-0.2, -0.15) is 24.7 Å². The van der Waals surface area contributed by atoms with Crippen molar-refractivity contribution in [3.63, 3.8) is 0 Å². The minimum atomic E-state index is -3.58. The summed E-state index contributed by atoms with van der Waals surface area (Å²) in [5.41, 5.74) is 3.51. The Balaban J connectivity index is 1.69. The highest BCUT2D eigenvalue weighted by atomic mass is 32.2. The van der Waals surface area contributed by atoms with Crippen molar-refractivity contribution in [1.82, 2.24) is 29.4 Å². The third-order valence-electron chi connectivity index (χ3n) is 4.78. The largest absolute Gasteiger partial charge is 0.350 e. The van der Waals surface area contributed by atoms with Crippen LogP contribution in [0.1, 0.15) is 36.5 Å². The van der Waals surface area contributed by atoms with Gasteiger partial charge < -0.3 is 5.32 Å². The molecule has 4 aromatic rings. The van der Waals surface area contributed by atoms with Crippen molar-refractivity contribution in [2.75, 3.05) is 11.6 Å². The first kappa shape index (κ1) is 20.0. The maximum absolute atomic E-state index is 12.1. The van der Waals surface area contributed by atoms with E-state index in [0.29, 0.717) is 24.7 Å². The summed E-state index contributed by atoms with van der Waals surface area (Å²) < 4.78 is 27.7. The van der Waals surface area contributed by atoms with Gasteiger partial charge in [-0.1, -0.05) is 38.1 Å². The molecule has 0 radical (unpaired) electrons. The zero-order valence-electron chi connectivity index (χ0n) is 17.0. The second-order valence-corrected chi connectivity index (χ2v) is 9.33. The number of benzene rings is 1. The molecule has 1 N–H and O–H groups in total. The van der Waals surface area contributed by atoms with Crippen LogP contribution in [0.15, 0.2) is 54.1 Å². The zero-order valence-corrected chi connectivity index (χ0v) is 17.8. The Labute approximate surface area is 174 Å². The fraction of sp³-hybridized carbons (Fsp3) is 0.300. The number of sulfone groups is 1. The number of hydrogen-bond acceptors (Lipinski definition) is 7. The van der Waals surface area contributed by atoms with Crippen LogP contribution < -0.4 is 5.32 Å². The molecule has 0 bridgehead atoms. The van der Waals surface area contributed by atoms with Gasteiger partial charge in [-0.05, 0) is 23.1 Å². The molecule has 0 unspecified atom stereocenters. The van der Waals surface area contributed by atoms with E-state index < -0.39 is 9.84 Å². The van der Waals surface area contributed by atoms with Gasteiger partial charge in [0.05, 0.1) is 12.7 Å². The number of nitrogens with one attached hydrogen (secondary N) is 1. The van der Waals surface area contributed by atoms with Gasteiger partial charge in [-0.25, -0.2) is 8.42 Å². The van der Waals surface area contributed by atoms with Crippen molar-refractivity contribution in [3.8, 4) is 0 Å². The average Bonchev–Trinajstić information content (AvgIpc) is 3.35. The molecule has 0 aliphatic heterocycles. The lowest BCUT2D eigenvalue weighted by Gasteiger charge is -2.13. The van der Waals surface area contributed by atoms with Crippen LogP contribution in [-0.4, -0.2) is 44.0 Å². The fourth-order valence-electron chi connectivity index (χ4n) is 3.19. The van der Waals surface area contributed by atoms with Crippen LogP contribution in [0.5, 0.6) is 0 Å². The second-order valence-electron chi connectivity index (χ2n) is 7.42. The highest BCUT2D eigenvalue weighted by Gasteiger charge is 2.20. The van der Waals surface area contributed by atoms with Crippen LogP contribution >= 0.6 is 0 Å². The molecule has 0 aliphatic rings. The Bertz CT molecular complexity index is 1280. The Hall–Kier alpha value is -3.27. The van der Waals surface area contributed by atoms with E-state index in [-0.39, 0.29) is 11.1 Å².